The van der Waals surface area contributed by atoms with E-state index in [1.54, 1.807) is 42.5 Å². The standard InChI is InChI=1S/C18H21ClN2O4S/c1-4-25-16-8-6-15(7-9-16)21(26(3,23)24)12-18(22)20-17-10-5-14(19)11-13(17)2/h5-11H,4,12H2,1-3H3,(H,20,22). The minimum atomic E-state index is -3.64. The van der Waals surface area contributed by atoms with Crippen molar-refractivity contribution in [2.24, 2.45) is 0 Å². The third-order valence-corrected chi connectivity index (χ3v) is 4.96. The number of nitrogens with one attached hydrogen (secondary N) is 1. The maximum absolute atomic E-state index is 12.4. The number of benzene rings is 2. The summed E-state index contributed by atoms with van der Waals surface area (Å²) < 4.78 is 30.7. The van der Waals surface area contributed by atoms with Gasteiger partial charge in [0.05, 0.1) is 18.6 Å². The fourth-order valence-corrected chi connectivity index (χ4v) is 3.45. The van der Waals surface area contributed by atoms with E-state index in [9.17, 15) is 13.2 Å². The van der Waals surface area contributed by atoms with Crippen LogP contribution in [0.15, 0.2) is 42.5 Å². The molecule has 0 fully saturated rings. The van der Waals surface area contributed by atoms with Crippen LogP contribution < -0.4 is 14.4 Å². The Labute approximate surface area is 158 Å². The van der Waals surface area contributed by atoms with Gasteiger partial charge in [-0.25, -0.2) is 8.42 Å². The first-order chi connectivity index (χ1) is 12.2. The maximum atomic E-state index is 12.4. The SMILES string of the molecule is CCOc1ccc(N(CC(=O)Nc2ccc(Cl)cc2C)S(C)(=O)=O)cc1. The number of ether oxygens (including phenoxy) is 1. The highest BCUT2D eigenvalue weighted by molar-refractivity contribution is 7.92. The van der Waals surface area contributed by atoms with Crippen LogP contribution in [-0.2, 0) is 14.8 Å². The van der Waals surface area contributed by atoms with Crippen LogP contribution in [0, 0.1) is 6.92 Å². The molecule has 0 aliphatic rings. The van der Waals surface area contributed by atoms with Gasteiger partial charge in [-0.2, -0.15) is 0 Å². The predicted octanol–water partition coefficient (Wildman–Crippen LogP) is 3.45. The molecule has 2 aromatic carbocycles. The van der Waals surface area contributed by atoms with Crippen LogP contribution in [0.1, 0.15) is 12.5 Å². The highest BCUT2D eigenvalue weighted by Gasteiger charge is 2.21. The molecule has 8 heteroatoms. The number of hydrogen-bond donors (Lipinski definition) is 1. The molecule has 1 amide bonds. The normalized spacial score (nSPS) is 11.1. The zero-order valence-corrected chi connectivity index (χ0v) is 16.4. The molecule has 0 aliphatic carbocycles. The van der Waals surface area contributed by atoms with E-state index in [0.717, 1.165) is 16.1 Å². The second-order valence-corrected chi connectivity index (χ2v) is 8.05. The molecule has 2 aromatic rings. The van der Waals surface area contributed by atoms with E-state index >= 15 is 0 Å². The maximum Gasteiger partial charge on any atom is 0.245 e. The molecule has 0 heterocycles. The van der Waals surface area contributed by atoms with Gasteiger partial charge in [0, 0.05) is 10.7 Å². The summed E-state index contributed by atoms with van der Waals surface area (Å²) in [6.07, 6.45) is 1.06. The summed E-state index contributed by atoms with van der Waals surface area (Å²) in [5, 5.41) is 3.28. The van der Waals surface area contributed by atoms with E-state index in [-0.39, 0.29) is 6.54 Å². The molecule has 6 nitrogen and oxygen atoms in total. The molecule has 0 saturated heterocycles. The smallest absolute Gasteiger partial charge is 0.245 e. The van der Waals surface area contributed by atoms with Crippen molar-refractivity contribution in [2.75, 3.05) is 29.0 Å². The van der Waals surface area contributed by atoms with Gasteiger partial charge >= 0.3 is 0 Å². The Bertz CT molecular complexity index is 883. The molecule has 0 aliphatic heterocycles. The largest absolute Gasteiger partial charge is 0.494 e. The van der Waals surface area contributed by atoms with Gasteiger partial charge in [0.25, 0.3) is 0 Å². The average molecular weight is 397 g/mol. The molecule has 2 rings (SSSR count). The molecule has 26 heavy (non-hydrogen) atoms. The van der Waals surface area contributed by atoms with Crippen LogP contribution >= 0.6 is 11.6 Å². The van der Waals surface area contributed by atoms with Crippen LogP contribution in [0.4, 0.5) is 11.4 Å². The predicted molar refractivity (Wildman–Crippen MR) is 105 cm³/mol. The molecular weight excluding hydrogens is 376 g/mol. The molecule has 0 radical (unpaired) electrons. The van der Waals surface area contributed by atoms with Crippen molar-refractivity contribution in [1.29, 1.82) is 0 Å². The first kappa shape index (κ1) is 20.1. The Hall–Kier alpha value is -2.25. The van der Waals surface area contributed by atoms with E-state index in [2.05, 4.69) is 5.32 Å². The molecule has 0 spiro atoms. The summed E-state index contributed by atoms with van der Waals surface area (Å²) in [6.45, 7) is 3.84. The number of carbonyl (C=O) groups excluding carboxylic acids is 1. The van der Waals surface area contributed by atoms with Crippen LogP contribution in [0.2, 0.25) is 5.02 Å². The van der Waals surface area contributed by atoms with Crippen molar-refractivity contribution in [3.8, 4) is 5.75 Å². The average Bonchev–Trinajstić information content (AvgIpc) is 2.55. The second-order valence-electron chi connectivity index (χ2n) is 5.70. The highest BCUT2D eigenvalue weighted by atomic mass is 35.5. The number of sulfonamides is 1. The minimum absolute atomic E-state index is 0.338. The molecule has 0 unspecified atom stereocenters. The first-order valence-electron chi connectivity index (χ1n) is 7.97. The van der Waals surface area contributed by atoms with E-state index < -0.39 is 15.9 Å². The summed E-state index contributed by atoms with van der Waals surface area (Å²) in [7, 11) is -3.64. The highest BCUT2D eigenvalue weighted by Crippen LogP contribution is 2.23. The van der Waals surface area contributed by atoms with E-state index in [0.29, 0.717) is 28.8 Å². The van der Waals surface area contributed by atoms with Crippen molar-refractivity contribution in [3.05, 3.63) is 53.1 Å². The van der Waals surface area contributed by atoms with Gasteiger partial charge in [0.2, 0.25) is 15.9 Å². The van der Waals surface area contributed by atoms with E-state index in [1.807, 2.05) is 13.8 Å². The molecule has 0 aromatic heterocycles. The summed E-state index contributed by atoms with van der Waals surface area (Å²) in [4.78, 5) is 12.4. The molecule has 140 valence electrons. The lowest BCUT2D eigenvalue weighted by atomic mass is 10.2. The van der Waals surface area contributed by atoms with Crippen molar-refractivity contribution < 1.29 is 17.9 Å². The molecule has 0 atom stereocenters. The van der Waals surface area contributed by atoms with Crippen molar-refractivity contribution >= 4 is 38.9 Å². The summed E-state index contributed by atoms with van der Waals surface area (Å²) >= 11 is 5.90. The topological polar surface area (TPSA) is 75.7 Å². The van der Waals surface area contributed by atoms with E-state index in [1.165, 1.54) is 0 Å². The lowest BCUT2D eigenvalue weighted by Gasteiger charge is -2.22. The Kier molecular flexibility index (Phi) is 6.50. The lowest BCUT2D eigenvalue weighted by molar-refractivity contribution is -0.114. The number of hydrogen-bond acceptors (Lipinski definition) is 4. The zero-order chi connectivity index (χ0) is 19.3. The second kappa shape index (κ2) is 8.42. The Morgan fingerprint density at radius 1 is 1.19 bits per heavy atom. The summed E-state index contributed by atoms with van der Waals surface area (Å²) in [5.74, 6) is 0.181. The number of anilines is 2. The van der Waals surface area contributed by atoms with Crippen molar-refractivity contribution in [2.45, 2.75) is 13.8 Å². The number of carbonyl (C=O) groups is 1. The number of aryl methyl sites for hydroxylation is 1. The Morgan fingerprint density at radius 2 is 1.85 bits per heavy atom. The molecule has 0 saturated carbocycles. The summed E-state index contributed by atoms with van der Waals surface area (Å²) in [5.41, 5.74) is 1.76. The number of halogens is 1. The van der Waals surface area contributed by atoms with Gasteiger partial charge in [-0.3, -0.25) is 9.10 Å². The Balaban J connectivity index is 2.18. The Morgan fingerprint density at radius 3 is 2.38 bits per heavy atom. The quantitative estimate of drug-likeness (QED) is 0.777. The number of amides is 1. The summed E-state index contributed by atoms with van der Waals surface area (Å²) in [6, 6.07) is 11.6. The minimum Gasteiger partial charge on any atom is -0.494 e. The van der Waals surface area contributed by atoms with Gasteiger partial charge in [0.1, 0.15) is 12.3 Å². The first-order valence-corrected chi connectivity index (χ1v) is 10.2. The molecule has 0 bridgehead atoms. The van der Waals surface area contributed by atoms with Gasteiger partial charge < -0.3 is 10.1 Å². The van der Waals surface area contributed by atoms with Gasteiger partial charge in [-0.15, -0.1) is 0 Å². The zero-order valence-electron chi connectivity index (χ0n) is 14.8. The molecule has 1 N–H and O–H groups in total. The van der Waals surface area contributed by atoms with E-state index in [4.69, 9.17) is 16.3 Å². The monoisotopic (exact) mass is 396 g/mol. The van der Waals surface area contributed by atoms with Crippen LogP contribution in [0.3, 0.4) is 0 Å². The molecular formula is C18H21ClN2O4S. The van der Waals surface area contributed by atoms with Gasteiger partial charge in [-0.1, -0.05) is 11.6 Å². The van der Waals surface area contributed by atoms with Crippen molar-refractivity contribution in [1.82, 2.24) is 0 Å². The van der Waals surface area contributed by atoms with Crippen LogP contribution in [0.5, 0.6) is 5.75 Å². The third-order valence-electron chi connectivity index (χ3n) is 3.59. The third kappa shape index (κ3) is 5.37. The fraction of sp³-hybridized carbons (Fsp3) is 0.278. The number of nitrogens with zero attached hydrogens (tertiary/aromatic N) is 1. The van der Waals surface area contributed by atoms with Crippen molar-refractivity contribution in [3.63, 3.8) is 0 Å². The van der Waals surface area contributed by atoms with Gasteiger partial charge in [0.15, 0.2) is 0 Å². The fourth-order valence-electron chi connectivity index (χ4n) is 2.36. The van der Waals surface area contributed by atoms with Crippen LogP contribution in [-0.4, -0.2) is 33.7 Å². The number of rotatable bonds is 7. The van der Waals surface area contributed by atoms with Gasteiger partial charge in [-0.05, 0) is 61.9 Å². The van der Waals surface area contributed by atoms with Crippen LogP contribution in [0.25, 0.3) is 0 Å². The lowest BCUT2D eigenvalue weighted by Crippen LogP contribution is -2.37.